The quantitative estimate of drug-likeness (QED) is 0.802. The van der Waals surface area contributed by atoms with E-state index in [4.69, 9.17) is 11.6 Å². The molecule has 4 saturated carbocycles. The van der Waals surface area contributed by atoms with Crippen LogP contribution in [0, 0.1) is 23.2 Å². The molecule has 4 bridgehead atoms. The molecule has 1 amide bonds. The van der Waals surface area contributed by atoms with Gasteiger partial charge in [-0.2, -0.15) is 0 Å². The van der Waals surface area contributed by atoms with E-state index in [-0.39, 0.29) is 11.9 Å². The Morgan fingerprint density at radius 3 is 2.28 bits per heavy atom. The SMILES string of the molecule is C[C@@H]([NH2+]CC(=O)NCC12CC3CC(CC(C3)C1)C2)c1ccc(Cl)cc1. The standard InChI is InChI=1S/C21H29ClN2O/c1-14(18-2-4-19(22)5-3-18)23-12-20(25)24-13-21-9-15-6-16(10-21)8-17(7-15)11-21/h2-5,14-17,23H,6-13H2,1H3,(H,24,25)/p+1/t14-,15?,16?,17?,21?/m1/s1. The molecule has 0 spiro atoms. The number of nitrogens with two attached hydrogens (primary N) is 1. The molecule has 0 aromatic heterocycles. The van der Waals surface area contributed by atoms with Crippen molar-refractivity contribution >= 4 is 17.5 Å². The van der Waals surface area contributed by atoms with E-state index in [0.717, 1.165) is 29.3 Å². The lowest BCUT2D eigenvalue weighted by molar-refractivity contribution is -0.682. The van der Waals surface area contributed by atoms with Crippen LogP contribution in [-0.2, 0) is 4.79 Å². The summed E-state index contributed by atoms with van der Waals surface area (Å²) >= 11 is 5.94. The second-order valence-electron chi connectivity index (χ2n) is 8.97. The lowest BCUT2D eigenvalue weighted by Gasteiger charge is -2.56. The Kier molecular flexibility index (Phi) is 4.81. The first-order valence-corrected chi connectivity index (χ1v) is 10.2. The van der Waals surface area contributed by atoms with Crippen LogP contribution in [0.5, 0.6) is 0 Å². The van der Waals surface area contributed by atoms with Gasteiger partial charge in [0.05, 0.1) is 0 Å². The summed E-state index contributed by atoms with van der Waals surface area (Å²) in [5.41, 5.74) is 1.63. The third-order valence-electron chi connectivity index (χ3n) is 6.88. The van der Waals surface area contributed by atoms with Gasteiger partial charge >= 0.3 is 0 Å². The van der Waals surface area contributed by atoms with E-state index in [2.05, 4.69) is 17.6 Å². The Morgan fingerprint density at radius 1 is 1.16 bits per heavy atom. The fourth-order valence-corrected chi connectivity index (χ4v) is 6.18. The average molecular weight is 362 g/mol. The largest absolute Gasteiger partial charge is 0.351 e. The number of halogens is 1. The highest BCUT2D eigenvalue weighted by Gasteiger charge is 2.50. The van der Waals surface area contributed by atoms with Crippen molar-refractivity contribution in [3.63, 3.8) is 0 Å². The van der Waals surface area contributed by atoms with Gasteiger partial charge < -0.3 is 10.6 Å². The van der Waals surface area contributed by atoms with Crippen molar-refractivity contribution < 1.29 is 10.1 Å². The van der Waals surface area contributed by atoms with Gasteiger partial charge in [0.2, 0.25) is 0 Å². The molecule has 0 aliphatic heterocycles. The molecule has 0 radical (unpaired) electrons. The van der Waals surface area contributed by atoms with E-state index in [0.29, 0.717) is 12.0 Å². The zero-order valence-corrected chi connectivity index (χ0v) is 15.9. The normalized spacial score (nSPS) is 34.1. The number of rotatable bonds is 6. The minimum Gasteiger partial charge on any atom is -0.351 e. The van der Waals surface area contributed by atoms with Gasteiger partial charge in [0.25, 0.3) is 5.91 Å². The third kappa shape index (κ3) is 3.88. The van der Waals surface area contributed by atoms with Gasteiger partial charge in [-0.15, -0.1) is 0 Å². The summed E-state index contributed by atoms with van der Waals surface area (Å²) in [6, 6.07) is 8.17. The zero-order chi connectivity index (χ0) is 17.4. The molecule has 5 rings (SSSR count). The number of hydrogen-bond donors (Lipinski definition) is 2. The van der Waals surface area contributed by atoms with E-state index in [1.54, 1.807) is 0 Å². The minimum absolute atomic E-state index is 0.177. The second-order valence-corrected chi connectivity index (χ2v) is 9.41. The van der Waals surface area contributed by atoms with Crippen molar-refractivity contribution in [2.24, 2.45) is 23.2 Å². The number of hydrogen-bond acceptors (Lipinski definition) is 1. The van der Waals surface area contributed by atoms with E-state index >= 15 is 0 Å². The lowest BCUT2D eigenvalue weighted by Crippen LogP contribution is -2.87. The van der Waals surface area contributed by atoms with Crippen LogP contribution in [0.3, 0.4) is 0 Å². The summed E-state index contributed by atoms with van der Waals surface area (Å²) in [4.78, 5) is 12.4. The molecule has 4 aliphatic rings. The van der Waals surface area contributed by atoms with Crippen molar-refractivity contribution in [3.8, 4) is 0 Å². The number of carbonyl (C=O) groups is 1. The third-order valence-corrected chi connectivity index (χ3v) is 7.13. The van der Waals surface area contributed by atoms with E-state index in [9.17, 15) is 4.79 Å². The fourth-order valence-electron chi connectivity index (χ4n) is 6.05. The highest BCUT2D eigenvalue weighted by Crippen LogP contribution is 2.59. The minimum atomic E-state index is 0.177. The molecule has 1 aromatic rings. The van der Waals surface area contributed by atoms with Crippen molar-refractivity contribution in [1.82, 2.24) is 5.32 Å². The van der Waals surface area contributed by atoms with Crippen LogP contribution in [0.25, 0.3) is 0 Å². The first-order chi connectivity index (χ1) is 12.0. The number of nitrogens with one attached hydrogen (secondary N) is 1. The summed E-state index contributed by atoms with van der Waals surface area (Å²) in [6.07, 6.45) is 8.43. The highest BCUT2D eigenvalue weighted by molar-refractivity contribution is 6.30. The van der Waals surface area contributed by atoms with Gasteiger partial charge in [-0.3, -0.25) is 4.79 Å². The van der Waals surface area contributed by atoms with Crippen molar-refractivity contribution in [2.45, 2.75) is 51.5 Å². The summed E-state index contributed by atoms with van der Waals surface area (Å²) in [7, 11) is 0. The van der Waals surface area contributed by atoms with Gasteiger partial charge in [-0.1, -0.05) is 23.7 Å². The zero-order valence-electron chi connectivity index (χ0n) is 15.1. The maximum Gasteiger partial charge on any atom is 0.275 e. The van der Waals surface area contributed by atoms with Crippen molar-refractivity contribution in [2.75, 3.05) is 13.1 Å². The summed E-state index contributed by atoms with van der Waals surface area (Å²) in [5.74, 6) is 3.01. The van der Waals surface area contributed by atoms with Crippen LogP contribution in [0.1, 0.15) is 57.1 Å². The van der Waals surface area contributed by atoms with Gasteiger partial charge in [0.15, 0.2) is 6.54 Å². The number of carbonyl (C=O) groups excluding carboxylic acids is 1. The predicted molar refractivity (Wildman–Crippen MR) is 100 cm³/mol. The Balaban J connectivity index is 1.25. The van der Waals surface area contributed by atoms with Crippen LogP contribution in [0.15, 0.2) is 24.3 Å². The van der Waals surface area contributed by atoms with Crippen LogP contribution < -0.4 is 10.6 Å². The smallest absolute Gasteiger partial charge is 0.275 e. The molecule has 1 atom stereocenters. The number of quaternary nitrogens is 1. The first-order valence-electron chi connectivity index (χ1n) is 9.87. The Morgan fingerprint density at radius 2 is 1.72 bits per heavy atom. The molecule has 4 heteroatoms. The van der Waals surface area contributed by atoms with Gasteiger partial charge in [0, 0.05) is 17.1 Å². The second kappa shape index (κ2) is 6.92. The topological polar surface area (TPSA) is 45.7 Å². The molecular formula is C21H30ClN2O+. The maximum atomic E-state index is 12.4. The molecule has 4 fully saturated rings. The van der Waals surface area contributed by atoms with E-state index < -0.39 is 0 Å². The summed E-state index contributed by atoms with van der Waals surface area (Å²) in [6.45, 7) is 3.53. The molecule has 3 N–H and O–H groups in total. The van der Waals surface area contributed by atoms with Gasteiger partial charge in [-0.25, -0.2) is 0 Å². The summed E-state index contributed by atoms with van der Waals surface area (Å²) < 4.78 is 0. The van der Waals surface area contributed by atoms with Gasteiger partial charge in [0.1, 0.15) is 6.04 Å². The molecule has 4 aliphatic carbocycles. The first kappa shape index (κ1) is 17.4. The molecule has 136 valence electrons. The van der Waals surface area contributed by atoms with Crippen molar-refractivity contribution in [1.29, 1.82) is 0 Å². The van der Waals surface area contributed by atoms with E-state index in [1.165, 1.54) is 44.1 Å². The van der Waals surface area contributed by atoms with Crippen LogP contribution in [0.2, 0.25) is 5.02 Å². The van der Waals surface area contributed by atoms with Crippen LogP contribution >= 0.6 is 11.6 Å². The molecule has 1 aromatic carbocycles. The average Bonchev–Trinajstić information content (AvgIpc) is 2.57. The van der Waals surface area contributed by atoms with E-state index in [1.807, 2.05) is 24.3 Å². The number of amides is 1. The summed E-state index contributed by atoms with van der Waals surface area (Å²) in [5, 5.41) is 6.13. The fraction of sp³-hybridized carbons (Fsp3) is 0.667. The monoisotopic (exact) mass is 361 g/mol. The van der Waals surface area contributed by atoms with Crippen LogP contribution in [0.4, 0.5) is 0 Å². The molecule has 0 saturated heterocycles. The molecular weight excluding hydrogens is 332 g/mol. The highest BCUT2D eigenvalue weighted by atomic mass is 35.5. The molecule has 3 nitrogen and oxygen atoms in total. The molecule has 0 unspecified atom stereocenters. The Hall–Kier alpha value is -1.06. The lowest BCUT2D eigenvalue weighted by atomic mass is 9.49. The van der Waals surface area contributed by atoms with Crippen molar-refractivity contribution in [3.05, 3.63) is 34.9 Å². The van der Waals surface area contributed by atoms with Gasteiger partial charge in [-0.05, 0) is 80.8 Å². The molecule has 25 heavy (non-hydrogen) atoms. The van der Waals surface area contributed by atoms with Crippen LogP contribution in [-0.4, -0.2) is 19.0 Å². The predicted octanol–water partition coefficient (Wildman–Crippen LogP) is 3.30. The Labute approximate surface area is 155 Å². The Bertz CT molecular complexity index is 592. The number of benzene rings is 1. The maximum absolute atomic E-state index is 12.4. The molecule has 0 heterocycles.